The molecule has 0 bridgehead atoms. The van der Waals surface area contributed by atoms with Crippen molar-refractivity contribution in [2.75, 3.05) is 11.4 Å². The molecule has 0 aliphatic carbocycles. The van der Waals surface area contributed by atoms with E-state index < -0.39 is 0 Å². The van der Waals surface area contributed by atoms with Crippen LogP contribution in [0.1, 0.15) is 24.4 Å². The second-order valence-corrected chi connectivity index (χ2v) is 14.8. The molecule has 2 aromatic heterocycles. The first-order chi connectivity index (χ1) is 25.6. The van der Waals surface area contributed by atoms with E-state index >= 15 is 0 Å². The lowest BCUT2D eigenvalue weighted by atomic mass is 10.1. The average molecular weight is 716 g/mol. The van der Waals surface area contributed by atoms with Gasteiger partial charge in [-0.3, -0.25) is 4.79 Å². The number of allylic oxidation sites excluding steroid dienone is 2. The number of thiazole rings is 1. The predicted molar refractivity (Wildman–Crippen MR) is 217 cm³/mol. The Morgan fingerprint density at radius 2 is 1.35 bits per heavy atom. The number of rotatable bonds is 7. The van der Waals surface area contributed by atoms with Crippen LogP contribution in [0.15, 0.2) is 154 Å². The lowest BCUT2D eigenvalue weighted by molar-refractivity contribution is -0.664. The molecule has 0 amide bonds. The third-order valence-electron chi connectivity index (χ3n) is 9.74. The summed E-state index contributed by atoms with van der Waals surface area (Å²) in [6.07, 6.45) is 4.18. The molecule has 0 radical (unpaired) electrons. The maximum atomic E-state index is 14.9. The maximum absolute atomic E-state index is 14.9. The van der Waals surface area contributed by atoms with Gasteiger partial charge < -0.3 is 10.0 Å². The van der Waals surface area contributed by atoms with Crippen LogP contribution >= 0.6 is 23.1 Å². The highest BCUT2D eigenvalue weighted by atomic mass is 32.2. The van der Waals surface area contributed by atoms with Crippen LogP contribution in [0.3, 0.4) is 0 Å². The molecule has 0 spiro atoms. The van der Waals surface area contributed by atoms with Crippen molar-refractivity contribution in [2.45, 2.75) is 25.3 Å². The van der Waals surface area contributed by atoms with Gasteiger partial charge in [-0.05, 0) is 73.2 Å². The Hall–Kier alpha value is -5.83. The van der Waals surface area contributed by atoms with E-state index in [0.717, 1.165) is 32.7 Å². The number of anilines is 1. The molecule has 0 saturated carbocycles. The normalized spacial score (nSPS) is 13.9. The van der Waals surface area contributed by atoms with Gasteiger partial charge in [-0.1, -0.05) is 114 Å². The topological polar surface area (TPSA) is 54.3 Å². The summed E-state index contributed by atoms with van der Waals surface area (Å²) in [4.78, 5) is 18.4. The molecule has 52 heavy (non-hydrogen) atoms. The number of benzene rings is 6. The summed E-state index contributed by atoms with van der Waals surface area (Å²) in [5.74, 6) is -0.119. The van der Waals surface area contributed by atoms with E-state index in [2.05, 4.69) is 108 Å². The minimum Gasteiger partial charge on any atom is -0.493 e. The summed E-state index contributed by atoms with van der Waals surface area (Å²) in [6.45, 7) is 5.79. The van der Waals surface area contributed by atoms with Crippen LogP contribution in [0.4, 0.5) is 5.69 Å². The van der Waals surface area contributed by atoms with E-state index in [-0.39, 0.29) is 17.0 Å². The molecule has 1 N–H and O–H groups in total. The first-order valence-electron chi connectivity index (χ1n) is 17.5. The summed E-state index contributed by atoms with van der Waals surface area (Å²) in [6, 6.07) is 44.7. The number of hydrogen-bond acceptors (Lipinski definition) is 5. The summed E-state index contributed by atoms with van der Waals surface area (Å²) in [5.41, 5.74) is 4.24. The summed E-state index contributed by atoms with van der Waals surface area (Å²) in [5, 5.41) is 19.0. The zero-order chi connectivity index (χ0) is 35.3. The number of aryl methyl sites for hydroxylation is 1. The van der Waals surface area contributed by atoms with Crippen molar-refractivity contribution >= 4 is 72.2 Å². The average Bonchev–Trinajstić information content (AvgIpc) is 3.82. The number of aromatic nitrogens is 3. The summed E-state index contributed by atoms with van der Waals surface area (Å²) < 4.78 is 6.67. The highest BCUT2D eigenvalue weighted by Crippen LogP contribution is 2.50. The Kier molecular flexibility index (Phi) is 8.06. The fourth-order valence-electron chi connectivity index (χ4n) is 7.40. The number of thioether (sulfide) groups is 1. The molecular weight excluding hydrogens is 681 g/mol. The van der Waals surface area contributed by atoms with E-state index in [1.54, 1.807) is 32.5 Å². The van der Waals surface area contributed by atoms with Gasteiger partial charge >= 0.3 is 0 Å². The molecule has 0 atom stereocenters. The molecular formula is C44H35N4O2S2+. The molecule has 9 rings (SSSR count). The van der Waals surface area contributed by atoms with E-state index in [9.17, 15) is 9.90 Å². The monoisotopic (exact) mass is 715 g/mol. The Morgan fingerprint density at radius 1 is 0.731 bits per heavy atom. The molecule has 0 saturated heterocycles. The van der Waals surface area contributed by atoms with Crippen molar-refractivity contribution in [2.24, 2.45) is 0 Å². The standard InChI is InChI=1S/C44H34N4O2S2/c1-3-45-38(51-36-25-23-29-15-11-13-21-34(29)41(36)45)27-31(28-39-46(4-2)42-35-22-14-12-16-30(35)24-26-37(42)52-39)40-43(49)47(32-17-7-5-8-18-32)48(44(40)50)33-19-9-6-10-20-33/h5-28H,3-4H2,1-2H3/p+1/b38-27-. The molecule has 6 nitrogen and oxygen atoms in total. The minimum absolute atomic E-state index is 0.119. The first-order valence-corrected chi connectivity index (χ1v) is 19.1. The Labute approximate surface area is 309 Å². The quantitative estimate of drug-likeness (QED) is 0.167. The fourth-order valence-corrected chi connectivity index (χ4v) is 9.79. The van der Waals surface area contributed by atoms with Gasteiger partial charge in [-0.2, -0.15) is 4.57 Å². The van der Waals surface area contributed by atoms with Crippen LogP contribution in [-0.4, -0.2) is 21.0 Å². The summed E-state index contributed by atoms with van der Waals surface area (Å²) >= 11 is 3.39. The second kappa shape index (κ2) is 13.1. The molecule has 0 fully saturated rings. The van der Waals surface area contributed by atoms with Crippen molar-refractivity contribution in [1.29, 1.82) is 0 Å². The number of aromatic hydroxyl groups is 1. The molecule has 254 valence electrons. The molecule has 3 heterocycles. The van der Waals surface area contributed by atoms with Gasteiger partial charge in [-0.15, -0.1) is 0 Å². The molecule has 1 aliphatic heterocycles. The Bertz CT molecular complexity index is 2780. The van der Waals surface area contributed by atoms with Crippen LogP contribution in [0, 0.1) is 0 Å². The van der Waals surface area contributed by atoms with Crippen LogP contribution in [-0.2, 0) is 6.54 Å². The van der Waals surface area contributed by atoms with Crippen molar-refractivity contribution < 1.29 is 9.67 Å². The third-order valence-corrected chi connectivity index (χ3v) is 11.9. The molecule has 0 unspecified atom stereocenters. The van der Waals surface area contributed by atoms with E-state index in [1.165, 1.54) is 32.7 Å². The van der Waals surface area contributed by atoms with Gasteiger partial charge in [0.25, 0.3) is 10.6 Å². The summed E-state index contributed by atoms with van der Waals surface area (Å²) in [7, 11) is 0. The SMILES string of the molecule is CCN1/C(=C/C(=C\c2sc3ccc4ccccc4c3[n+]2CC)c2c(O)n(-c3ccccc3)n(-c3ccccc3)c2=O)Sc2ccc3ccccc3c21. The van der Waals surface area contributed by atoms with Crippen LogP contribution in [0.5, 0.6) is 5.88 Å². The Balaban J connectivity index is 1.33. The Morgan fingerprint density at radius 3 is 2.04 bits per heavy atom. The zero-order valence-electron chi connectivity index (χ0n) is 28.7. The predicted octanol–water partition coefficient (Wildman–Crippen LogP) is 10.2. The van der Waals surface area contributed by atoms with Gasteiger partial charge in [0, 0.05) is 28.5 Å². The lowest BCUT2D eigenvalue weighted by Crippen LogP contribution is -2.33. The largest absolute Gasteiger partial charge is 0.493 e. The van der Waals surface area contributed by atoms with E-state index in [4.69, 9.17) is 0 Å². The number of para-hydroxylation sites is 2. The number of fused-ring (bicyclic) bond motifs is 6. The second-order valence-electron chi connectivity index (χ2n) is 12.7. The number of hydrogen-bond donors (Lipinski definition) is 1. The minimum atomic E-state index is -0.306. The smallest absolute Gasteiger partial charge is 0.283 e. The van der Waals surface area contributed by atoms with Gasteiger partial charge in [0.1, 0.15) is 16.8 Å². The van der Waals surface area contributed by atoms with Crippen LogP contribution in [0.2, 0.25) is 0 Å². The van der Waals surface area contributed by atoms with Crippen molar-refractivity contribution in [3.63, 3.8) is 0 Å². The molecule has 1 aliphatic rings. The van der Waals surface area contributed by atoms with Gasteiger partial charge in [0.2, 0.25) is 11.4 Å². The van der Waals surface area contributed by atoms with Gasteiger partial charge in [0.15, 0.2) is 0 Å². The van der Waals surface area contributed by atoms with E-state index in [0.29, 0.717) is 16.9 Å². The van der Waals surface area contributed by atoms with Gasteiger partial charge in [-0.25, -0.2) is 9.36 Å². The maximum Gasteiger partial charge on any atom is 0.283 e. The molecule has 6 aromatic carbocycles. The van der Waals surface area contributed by atoms with Gasteiger partial charge in [0.05, 0.1) is 27.5 Å². The zero-order valence-corrected chi connectivity index (χ0v) is 30.4. The van der Waals surface area contributed by atoms with E-state index in [1.807, 2.05) is 60.7 Å². The van der Waals surface area contributed by atoms with Crippen molar-refractivity contribution in [1.82, 2.24) is 9.36 Å². The third kappa shape index (κ3) is 5.17. The lowest BCUT2D eigenvalue weighted by Gasteiger charge is -2.20. The first kappa shape index (κ1) is 32.1. The fraction of sp³-hybridized carbons (Fsp3) is 0.0909. The number of nitrogens with zero attached hydrogens (tertiary/aromatic N) is 4. The highest BCUT2D eigenvalue weighted by molar-refractivity contribution is 8.03. The van der Waals surface area contributed by atoms with Crippen molar-refractivity contribution in [3.05, 3.63) is 165 Å². The van der Waals surface area contributed by atoms with Crippen molar-refractivity contribution in [3.8, 4) is 17.3 Å². The highest BCUT2D eigenvalue weighted by Gasteiger charge is 2.30. The van der Waals surface area contributed by atoms with Crippen LogP contribution in [0.25, 0.3) is 54.8 Å². The van der Waals surface area contributed by atoms with Crippen LogP contribution < -0.4 is 15.0 Å². The molecule has 8 heteroatoms. The molecule has 8 aromatic rings.